The fraction of sp³-hybridized carbons (Fsp3) is 0.250. The topological polar surface area (TPSA) is 53.8 Å². The van der Waals surface area contributed by atoms with E-state index in [9.17, 15) is 9.59 Å². The van der Waals surface area contributed by atoms with E-state index in [1.165, 1.54) is 6.26 Å². The first-order valence-corrected chi connectivity index (χ1v) is 10.0. The van der Waals surface area contributed by atoms with Crippen molar-refractivity contribution in [1.29, 1.82) is 0 Å². The first kappa shape index (κ1) is 17.7. The van der Waals surface area contributed by atoms with Crippen LogP contribution in [0.5, 0.6) is 0 Å². The lowest BCUT2D eigenvalue weighted by Gasteiger charge is -2.25. The van der Waals surface area contributed by atoms with Crippen LogP contribution in [-0.4, -0.2) is 47.8 Å². The van der Waals surface area contributed by atoms with Gasteiger partial charge in [0.05, 0.1) is 12.2 Å². The summed E-state index contributed by atoms with van der Waals surface area (Å²) >= 11 is 0. The summed E-state index contributed by atoms with van der Waals surface area (Å²) in [5.74, 6) is 0.0914. The molecule has 3 aromatic rings. The standard InChI is InChI=1S/C24H22N2O3/c27-23(21-11-5-16-29-21)25-12-6-13-26(15-14-25)24(28)22-19-9-3-1-7-17(19)18-8-2-4-10-20(18)22/h1-5,7-11,16,22H,6,12-15H2. The van der Waals surface area contributed by atoms with E-state index >= 15 is 0 Å². The van der Waals surface area contributed by atoms with Crippen LogP contribution < -0.4 is 0 Å². The maximum Gasteiger partial charge on any atom is 0.289 e. The third-order valence-electron chi connectivity index (χ3n) is 5.91. The van der Waals surface area contributed by atoms with Gasteiger partial charge in [0.1, 0.15) is 0 Å². The van der Waals surface area contributed by atoms with Crippen molar-refractivity contribution in [2.75, 3.05) is 26.2 Å². The Bertz CT molecular complexity index is 1010. The fourth-order valence-corrected chi connectivity index (χ4v) is 4.50. The van der Waals surface area contributed by atoms with Crippen molar-refractivity contribution < 1.29 is 14.0 Å². The minimum atomic E-state index is -0.269. The molecule has 0 spiro atoms. The normalized spacial score (nSPS) is 16.3. The Morgan fingerprint density at radius 3 is 2.03 bits per heavy atom. The van der Waals surface area contributed by atoms with Gasteiger partial charge < -0.3 is 14.2 Å². The van der Waals surface area contributed by atoms with Crippen LogP contribution in [0.1, 0.15) is 34.0 Å². The number of fused-ring (bicyclic) bond motifs is 3. The maximum absolute atomic E-state index is 13.6. The number of carbonyl (C=O) groups is 2. The van der Waals surface area contributed by atoms with Crippen LogP contribution in [0.2, 0.25) is 0 Å². The van der Waals surface area contributed by atoms with E-state index in [4.69, 9.17) is 4.42 Å². The lowest BCUT2D eigenvalue weighted by molar-refractivity contribution is -0.131. The Morgan fingerprint density at radius 2 is 1.38 bits per heavy atom. The fourth-order valence-electron chi connectivity index (χ4n) is 4.50. The van der Waals surface area contributed by atoms with Crippen LogP contribution in [-0.2, 0) is 4.79 Å². The zero-order chi connectivity index (χ0) is 19.8. The second-order valence-corrected chi connectivity index (χ2v) is 7.56. The van der Waals surface area contributed by atoms with Crippen LogP contribution in [0.3, 0.4) is 0 Å². The minimum absolute atomic E-state index is 0.110. The summed E-state index contributed by atoms with van der Waals surface area (Å²) in [6.07, 6.45) is 2.27. The molecule has 5 heteroatoms. The predicted molar refractivity (Wildman–Crippen MR) is 110 cm³/mol. The molecule has 1 aromatic heterocycles. The summed E-state index contributed by atoms with van der Waals surface area (Å²) in [4.78, 5) is 29.9. The zero-order valence-electron chi connectivity index (χ0n) is 16.1. The van der Waals surface area contributed by atoms with E-state index in [0.29, 0.717) is 31.9 Å². The first-order valence-electron chi connectivity index (χ1n) is 10.0. The van der Waals surface area contributed by atoms with E-state index in [-0.39, 0.29) is 17.7 Å². The molecular weight excluding hydrogens is 364 g/mol. The van der Waals surface area contributed by atoms with Crippen molar-refractivity contribution in [1.82, 2.24) is 9.80 Å². The van der Waals surface area contributed by atoms with Crippen molar-refractivity contribution >= 4 is 11.8 Å². The number of amides is 2. The molecule has 0 saturated carbocycles. The van der Waals surface area contributed by atoms with E-state index in [0.717, 1.165) is 28.7 Å². The molecule has 0 bridgehead atoms. The van der Waals surface area contributed by atoms with Crippen molar-refractivity contribution in [2.24, 2.45) is 0 Å². The van der Waals surface area contributed by atoms with Gasteiger partial charge in [-0.25, -0.2) is 0 Å². The summed E-state index contributed by atoms with van der Waals surface area (Å²) in [5.41, 5.74) is 4.44. The van der Waals surface area contributed by atoms with Crippen LogP contribution >= 0.6 is 0 Å². The monoisotopic (exact) mass is 386 g/mol. The minimum Gasteiger partial charge on any atom is -0.459 e. The third kappa shape index (κ3) is 3.03. The van der Waals surface area contributed by atoms with E-state index in [1.54, 1.807) is 17.0 Å². The van der Waals surface area contributed by atoms with E-state index in [1.807, 2.05) is 29.2 Å². The lowest BCUT2D eigenvalue weighted by Crippen LogP contribution is -2.39. The molecule has 1 fully saturated rings. The van der Waals surface area contributed by atoms with Gasteiger partial charge in [0.2, 0.25) is 5.91 Å². The molecule has 1 aliphatic heterocycles. The molecule has 2 aromatic carbocycles. The Balaban J connectivity index is 1.38. The summed E-state index contributed by atoms with van der Waals surface area (Å²) in [6.45, 7) is 2.33. The van der Waals surface area contributed by atoms with Gasteiger partial charge >= 0.3 is 0 Å². The molecule has 2 heterocycles. The maximum atomic E-state index is 13.6. The van der Waals surface area contributed by atoms with Gasteiger partial charge in [0.25, 0.3) is 5.91 Å². The number of furan rings is 1. The van der Waals surface area contributed by atoms with Gasteiger partial charge in [0, 0.05) is 26.2 Å². The zero-order valence-corrected chi connectivity index (χ0v) is 16.1. The van der Waals surface area contributed by atoms with Gasteiger partial charge in [-0.3, -0.25) is 9.59 Å². The Labute approximate surface area is 169 Å². The van der Waals surface area contributed by atoms with Crippen molar-refractivity contribution in [3.05, 3.63) is 83.8 Å². The summed E-state index contributed by atoms with van der Waals surface area (Å²) in [6, 6.07) is 19.7. The molecule has 1 aliphatic carbocycles. The van der Waals surface area contributed by atoms with Gasteiger partial charge in [-0.15, -0.1) is 0 Å². The highest BCUT2D eigenvalue weighted by molar-refractivity contribution is 5.96. The van der Waals surface area contributed by atoms with Crippen LogP contribution in [0.4, 0.5) is 0 Å². The quantitative estimate of drug-likeness (QED) is 0.674. The molecule has 1 saturated heterocycles. The smallest absolute Gasteiger partial charge is 0.289 e. The van der Waals surface area contributed by atoms with Crippen molar-refractivity contribution in [3.63, 3.8) is 0 Å². The van der Waals surface area contributed by atoms with Crippen LogP contribution in [0.15, 0.2) is 71.3 Å². The Kier molecular flexibility index (Phi) is 4.43. The summed E-state index contributed by atoms with van der Waals surface area (Å²) in [7, 11) is 0. The highest BCUT2D eigenvalue weighted by Crippen LogP contribution is 2.45. The highest BCUT2D eigenvalue weighted by Gasteiger charge is 2.36. The number of carbonyl (C=O) groups excluding carboxylic acids is 2. The number of hydrogen-bond acceptors (Lipinski definition) is 3. The highest BCUT2D eigenvalue weighted by atomic mass is 16.3. The van der Waals surface area contributed by atoms with Gasteiger partial charge in [-0.05, 0) is 40.8 Å². The average molecular weight is 386 g/mol. The number of rotatable bonds is 2. The lowest BCUT2D eigenvalue weighted by atomic mass is 9.95. The predicted octanol–water partition coefficient (Wildman–Crippen LogP) is 3.77. The molecule has 29 heavy (non-hydrogen) atoms. The molecule has 146 valence electrons. The molecular formula is C24H22N2O3. The summed E-state index contributed by atoms with van der Waals surface area (Å²) in [5, 5.41) is 0. The first-order chi connectivity index (χ1) is 14.2. The van der Waals surface area contributed by atoms with E-state index in [2.05, 4.69) is 24.3 Å². The number of benzene rings is 2. The average Bonchev–Trinajstić information content (AvgIpc) is 3.33. The van der Waals surface area contributed by atoms with Gasteiger partial charge in [0.15, 0.2) is 5.76 Å². The van der Waals surface area contributed by atoms with Crippen LogP contribution in [0, 0.1) is 0 Å². The van der Waals surface area contributed by atoms with Crippen molar-refractivity contribution in [2.45, 2.75) is 12.3 Å². The Hall–Kier alpha value is -3.34. The number of nitrogens with zero attached hydrogens (tertiary/aromatic N) is 2. The van der Waals surface area contributed by atoms with Crippen molar-refractivity contribution in [3.8, 4) is 11.1 Å². The molecule has 0 atom stereocenters. The van der Waals surface area contributed by atoms with Gasteiger partial charge in [-0.1, -0.05) is 48.5 Å². The summed E-state index contributed by atoms with van der Waals surface area (Å²) < 4.78 is 5.25. The second-order valence-electron chi connectivity index (χ2n) is 7.56. The molecule has 5 rings (SSSR count). The molecule has 2 aliphatic rings. The third-order valence-corrected chi connectivity index (χ3v) is 5.91. The van der Waals surface area contributed by atoms with Gasteiger partial charge in [-0.2, -0.15) is 0 Å². The SMILES string of the molecule is O=C(c1ccco1)N1CCCN(C(=O)C2c3ccccc3-c3ccccc32)CC1. The molecule has 0 unspecified atom stereocenters. The second kappa shape index (κ2) is 7.24. The molecule has 5 nitrogen and oxygen atoms in total. The number of hydrogen-bond donors (Lipinski definition) is 0. The molecule has 0 N–H and O–H groups in total. The molecule has 0 radical (unpaired) electrons. The van der Waals surface area contributed by atoms with Crippen LogP contribution in [0.25, 0.3) is 11.1 Å². The van der Waals surface area contributed by atoms with E-state index < -0.39 is 0 Å². The Morgan fingerprint density at radius 1 is 0.759 bits per heavy atom. The molecule has 2 amide bonds. The largest absolute Gasteiger partial charge is 0.459 e.